The molecule has 6 heteroatoms. The van der Waals surface area contributed by atoms with E-state index in [2.05, 4.69) is 5.32 Å². The Kier molecular flexibility index (Phi) is 4.07. The number of hydrogen-bond donors (Lipinski definition) is 2. The average Bonchev–Trinajstić information content (AvgIpc) is 2.83. The molecule has 1 heterocycles. The fourth-order valence-electron chi connectivity index (χ4n) is 2.01. The number of carbonyl (C=O) groups is 2. The van der Waals surface area contributed by atoms with Gasteiger partial charge in [-0.05, 0) is 31.4 Å². The van der Waals surface area contributed by atoms with E-state index in [0.717, 1.165) is 5.56 Å². The van der Waals surface area contributed by atoms with Crippen LogP contribution in [0, 0.1) is 6.92 Å². The van der Waals surface area contributed by atoms with Gasteiger partial charge >= 0.3 is 5.97 Å². The van der Waals surface area contributed by atoms with Crippen LogP contribution in [0.3, 0.4) is 0 Å². The van der Waals surface area contributed by atoms with Gasteiger partial charge in [-0.1, -0.05) is 23.7 Å². The first-order valence-electron chi connectivity index (χ1n) is 5.93. The number of amides is 1. The molecule has 0 aliphatic carbocycles. The fourth-order valence-corrected chi connectivity index (χ4v) is 2.27. The van der Waals surface area contributed by atoms with Crippen molar-refractivity contribution in [1.29, 1.82) is 0 Å². The lowest BCUT2D eigenvalue weighted by Gasteiger charge is -2.14. The lowest BCUT2D eigenvalue weighted by atomic mass is 10.1. The number of hydrogen-bond acceptors (Lipinski definition) is 3. The highest BCUT2D eigenvalue weighted by Crippen LogP contribution is 2.27. The number of benzene rings is 1. The van der Waals surface area contributed by atoms with E-state index in [0.29, 0.717) is 23.6 Å². The standard InChI is InChI=1S/C13H14ClNO4/c1-7-3-2-4-8(14)11(7)15-12(16)9-5-6-10(19-9)13(17)18/h2-4,9-10H,5-6H2,1H3,(H,15,16)(H,17,18)/t9-,10+/m0/s1. The van der Waals surface area contributed by atoms with E-state index in [1.54, 1.807) is 12.1 Å². The van der Waals surface area contributed by atoms with Gasteiger partial charge in [0.2, 0.25) is 0 Å². The number of nitrogens with one attached hydrogen (secondary N) is 1. The summed E-state index contributed by atoms with van der Waals surface area (Å²) in [6.07, 6.45) is -0.902. The number of aryl methyl sites for hydroxylation is 1. The summed E-state index contributed by atoms with van der Waals surface area (Å²) in [6.45, 7) is 1.83. The number of rotatable bonds is 3. The van der Waals surface area contributed by atoms with Crippen LogP contribution in [0.1, 0.15) is 18.4 Å². The molecule has 19 heavy (non-hydrogen) atoms. The summed E-state index contributed by atoms with van der Waals surface area (Å²) in [5.74, 6) is -1.40. The van der Waals surface area contributed by atoms with Crippen molar-refractivity contribution in [3.8, 4) is 0 Å². The highest BCUT2D eigenvalue weighted by Gasteiger charge is 2.34. The number of anilines is 1. The van der Waals surface area contributed by atoms with E-state index in [9.17, 15) is 9.59 Å². The summed E-state index contributed by atoms with van der Waals surface area (Å²) in [5, 5.41) is 11.9. The van der Waals surface area contributed by atoms with E-state index >= 15 is 0 Å². The van der Waals surface area contributed by atoms with Crippen LogP contribution in [0.4, 0.5) is 5.69 Å². The third-order valence-corrected chi connectivity index (χ3v) is 3.37. The van der Waals surface area contributed by atoms with Gasteiger partial charge in [0.1, 0.15) is 6.10 Å². The maximum absolute atomic E-state index is 12.0. The van der Waals surface area contributed by atoms with Crippen molar-refractivity contribution in [1.82, 2.24) is 0 Å². The topological polar surface area (TPSA) is 75.6 Å². The molecule has 2 N–H and O–H groups in total. The maximum atomic E-state index is 12.0. The van der Waals surface area contributed by atoms with Gasteiger partial charge < -0.3 is 15.2 Å². The van der Waals surface area contributed by atoms with Gasteiger partial charge in [0.05, 0.1) is 10.7 Å². The Morgan fingerprint density at radius 1 is 1.37 bits per heavy atom. The Balaban J connectivity index is 2.04. The molecule has 0 unspecified atom stereocenters. The van der Waals surface area contributed by atoms with Crippen LogP contribution in [-0.4, -0.2) is 29.2 Å². The summed E-state index contributed by atoms with van der Waals surface area (Å²) in [6, 6.07) is 5.30. The Morgan fingerprint density at radius 2 is 2.05 bits per heavy atom. The second kappa shape index (κ2) is 5.59. The second-order valence-electron chi connectivity index (χ2n) is 4.45. The molecular formula is C13H14ClNO4. The van der Waals surface area contributed by atoms with E-state index in [1.807, 2.05) is 13.0 Å². The van der Waals surface area contributed by atoms with Gasteiger partial charge in [-0.15, -0.1) is 0 Å². The third kappa shape index (κ3) is 3.05. The van der Waals surface area contributed by atoms with E-state index in [1.165, 1.54) is 0 Å². The van der Waals surface area contributed by atoms with Crippen molar-refractivity contribution in [2.24, 2.45) is 0 Å². The zero-order chi connectivity index (χ0) is 14.0. The van der Waals surface area contributed by atoms with Gasteiger partial charge in [0, 0.05) is 0 Å². The highest BCUT2D eigenvalue weighted by atomic mass is 35.5. The molecule has 2 rings (SSSR count). The van der Waals surface area contributed by atoms with E-state index in [4.69, 9.17) is 21.4 Å². The lowest BCUT2D eigenvalue weighted by Crippen LogP contribution is -2.30. The zero-order valence-electron chi connectivity index (χ0n) is 10.4. The van der Waals surface area contributed by atoms with Gasteiger partial charge in [-0.2, -0.15) is 0 Å². The quantitative estimate of drug-likeness (QED) is 0.892. The number of carboxylic acids is 1. The number of aliphatic carboxylic acids is 1. The number of carboxylic acid groups (broad SMARTS) is 1. The van der Waals surface area contributed by atoms with E-state index in [-0.39, 0.29) is 5.91 Å². The smallest absolute Gasteiger partial charge is 0.332 e. The predicted molar refractivity (Wildman–Crippen MR) is 70.3 cm³/mol. The number of halogens is 1. The molecule has 102 valence electrons. The Hall–Kier alpha value is -1.59. The highest BCUT2D eigenvalue weighted by molar-refractivity contribution is 6.34. The number of para-hydroxylation sites is 1. The molecule has 1 amide bonds. The van der Waals surface area contributed by atoms with Crippen LogP contribution in [0.15, 0.2) is 18.2 Å². The van der Waals surface area contributed by atoms with Crippen molar-refractivity contribution in [3.05, 3.63) is 28.8 Å². The van der Waals surface area contributed by atoms with Crippen molar-refractivity contribution >= 4 is 29.2 Å². The first kappa shape index (κ1) is 13.8. The minimum atomic E-state index is -1.04. The summed E-state index contributed by atoms with van der Waals surface area (Å²) in [4.78, 5) is 22.8. The molecule has 1 aromatic rings. The van der Waals surface area contributed by atoms with Crippen LogP contribution in [0.25, 0.3) is 0 Å². The molecule has 0 radical (unpaired) electrons. The summed E-state index contributed by atoms with van der Waals surface area (Å²) in [7, 11) is 0. The normalized spacial score (nSPS) is 22.2. The van der Waals surface area contributed by atoms with Gasteiger partial charge in [-0.3, -0.25) is 4.79 Å². The Bertz CT molecular complexity index is 497. The van der Waals surface area contributed by atoms with Crippen LogP contribution in [0.5, 0.6) is 0 Å². The molecule has 1 aliphatic rings. The first-order chi connectivity index (χ1) is 8.99. The molecule has 0 spiro atoms. The molecule has 5 nitrogen and oxygen atoms in total. The third-order valence-electron chi connectivity index (χ3n) is 3.06. The van der Waals surface area contributed by atoms with Crippen molar-refractivity contribution in [2.75, 3.05) is 5.32 Å². The molecular weight excluding hydrogens is 270 g/mol. The van der Waals surface area contributed by atoms with Crippen molar-refractivity contribution in [2.45, 2.75) is 32.0 Å². The molecule has 1 aromatic carbocycles. The zero-order valence-corrected chi connectivity index (χ0v) is 11.1. The Labute approximate surface area is 115 Å². The summed E-state index contributed by atoms with van der Waals surface area (Å²) < 4.78 is 5.18. The summed E-state index contributed by atoms with van der Waals surface area (Å²) >= 11 is 6.01. The first-order valence-corrected chi connectivity index (χ1v) is 6.31. The molecule has 1 aliphatic heterocycles. The SMILES string of the molecule is Cc1cccc(Cl)c1NC(=O)[C@@H]1CC[C@H](C(=O)O)O1. The predicted octanol–water partition coefficient (Wildman–Crippen LogP) is 2.22. The van der Waals surface area contributed by atoms with Gasteiger partial charge in [-0.25, -0.2) is 4.79 Å². The number of carbonyl (C=O) groups excluding carboxylic acids is 1. The minimum absolute atomic E-state index is 0.342. The molecule has 0 bridgehead atoms. The van der Waals surface area contributed by atoms with Crippen LogP contribution < -0.4 is 5.32 Å². The molecule has 0 aromatic heterocycles. The summed E-state index contributed by atoms with van der Waals surface area (Å²) in [5.41, 5.74) is 1.38. The fraction of sp³-hybridized carbons (Fsp3) is 0.385. The minimum Gasteiger partial charge on any atom is -0.479 e. The Morgan fingerprint density at radius 3 is 2.63 bits per heavy atom. The van der Waals surface area contributed by atoms with Crippen molar-refractivity contribution < 1.29 is 19.4 Å². The van der Waals surface area contributed by atoms with Crippen LogP contribution >= 0.6 is 11.6 Å². The van der Waals surface area contributed by atoms with E-state index < -0.39 is 18.2 Å². The second-order valence-corrected chi connectivity index (χ2v) is 4.86. The molecule has 1 fully saturated rings. The maximum Gasteiger partial charge on any atom is 0.332 e. The molecule has 0 saturated carbocycles. The van der Waals surface area contributed by atoms with Gasteiger partial charge in [0.15, 0.2) is 6.10 Å². The van der Waals surface area contributed by atoms with Crippen molar-refractivity contribution in [3.63, 3.8) is 0 Å². The van der Waals surface area contributed by atoms with Gasteiger partial charge in [0.25, 0.3) is 5.91 Å². The monoisotopic (exact) mass is 283 g/mol. The lowest BCUT2D eigenvalue weighted by molar-refractivity contribution is -0.150. The molecule has 2 atom stereocenters. The largest absolute Gasteiger partial charge is 0.479 e. The van der Waals surface area contributed by atoms with Crippen LogP contribution in [0.2, 0.25) is 5.02 Å². The number of ether oxygens (including phenoxy) is 1. The average molecular weight is 284 g/mol. The molecule has 1 saturated heterocycles. The van der Waals surface area contributed by atoms with Crippen LogP contribution in [-0.2, 0) is 14.3 Å².